The molecule has 18 heavy (non-hydrogen) atoms. The van der Waals surface area contributed by atoms with E-state index in [1.165, 1.54) is 12.3 Å². The molecule has 6 heteroatoms. The van der Waals surface area contributed by atoms with Crippen molar-refractivity contribution in [1.29, 1.82) is 0 Å². The first-order chi connectivity index (χ1) is 8.58. The summed E-state index contributed by atoms with van der Waals surface area (Å²) in [6.45, 7) is 0. The second-order valence-electron chi connectivity index (χ2n) is 3.56. The van der Waals surface area contributed by atoms with Crippen molar-refractivity contribution in [3.05, 3.63) is 47.1 Å². The van der Waals surface area contributed by atoms with E-state index >= 15 is 0 Å². The number of nitrogen functional groups attached to an aromatic ring is 1. The molecule has 2 rings (SSSR count). The Balaban J connectivity index is 2.32. The molecule has 0 saturated carbocycles. The Morgan fingerprint density at radius 2 is 1.94 bits per heavy atom. The maximum atomic E-state index is 10.9. The fourth-order valence-corrected chi connectivity index (χ4v) is 1.56. The fourth-order valence-electron chi connectivity index (χ4n) is 1.43. The summed E-state index contributed by atoms with van der Waals surface area (Å²) in [6, 6.07) is 8.26. The molecule has 0 spiro atoms. The van der Waals surface area contributed by atoms with Crippen molar-refractivity contribution >= 4 is 34.8 Å². The molecule has 0 aliphatic rings. The molecule has 2 aromatic rings. The van der Waals surface area contributed by atoms with E-state index in [9.17, 15) is 4.79 Å². The van der Waals surface area contributed by atoms with E-state index in [-0.39, 0.29) is 11.3 Å². The summed E-state index contributed by atoms with van der Waals surface area (Å²) in [6.07, 6.45) is 1.39. The lowest BCUT2D eigenvalue weighted by Gasteiger charge is -2.09. The second kappa shape index (κ2) is 4.93. The van der Waals surface area contributed by atoms with Crippen molar-refractivity contribution in [2.45, 2.75) is 0 Å². The number of carboxylic acid groups (broad SMARTS) is 1. The maximum absolute atomic E-state index is 10.9. The summed E-state index contributed by atoms with van der Waals surface area (Å²) in [5, 5.41) is 12.5. The summed E-state index contributed by atoms with van der Waals surface area (Å²) in [4.78, 5) is 14.9. The van der Waals surface area contributed by atoms with Gasteiger partial charge in [-0.3, -0.25) is 0 Å². The van der Waals surface area contributed by atoms with Crippen LogP contribution in [0.4, 0.5) is 17.2 Å². The van der Waals surface area contributed by atoms with Crippen LogP contribution in [-0.4, -0.2) is 16.1 Å². The van der Waals surface area contributed by atoms with Gasteiger partial charge < -0.3 is 16.2 Å². The largest absolute Gasteiger partial charge is 0.478 e. The minimum Gasteiger partial charge on any atom is -0.478 e. The van der Waals surface area contributed by atoms with Crippen molar-refractivity contribution < 1.29 is 9.90 Å². The molecule has 0 amide bonds. The Morgan fingerprint density at radius 3 is 2.56 bits per heavy atom. The molecule has 0 unspecified atom stereocenters. The summed E-state index contributed by atoms with van der Waals surface area (Å²) >= 11 is 5.77. The number of halogens is 1. The standard InChI is InChI=1S/C12H10ClN3O2/c13-7-1-3-8(4-2-7)16-11-10(14)9(12(17)18)5-6-15-11/h1-6H,14H2,(H,15,16)(H,17,18). The molecule has 0 atom stereocenters. The van der Waals surface area contributed by atoms with E-state index in [4.69, 9.17) is 22.4 Å². The van der Waals surface area contributed by atoms with Crippen molar-refractivity contribution in [2.75, 3.05) is 11.1 Å². The zero-order valence-corrected chi connectivity index (χ0v) is 9.98. The summed E-state index contributed by atoms with van der Waals surface area (Å²) < 4.78 is 0. The van der Waals surface area contributed by atoms with Crippen LogP contribution in [0.15, 0.2) is 36.5 Å². The third-order valence-corrected chi connectivity index (χ3v) is 2.58. The van der Waals surface area contributed by atoms with Gasteiger partial charge in [-0.25, -0.2) is 9.78 Å². The number of benzene rings is 1. The average Bonchev–Trinajstić information content (AvgIpc) is 2.34. The van der Waals surface area contributed by atoms with Gasteiger partial charge in [-0.15, -0.1) is 0 Å². The van der Waals surface area contributed by atoms with Gasteiger partial charge in [-0.05, 0) is 30.3 Å². The normalized spacial score (nSPS) is 10.1. The highest BCUT2D eigenvalue weighted by atomic mass is 35.5. The molecule has 0 radical (unpaired) electrons. The molecule has 92 valence electrons. The molecule has 1 aromatic carbocycles. The van der Waals surface area contributed by atoms with E-state index in [1.807, 2.05) is 0 Å². The van der Waals surface area contributed by atoms with E-state index < -0.39 is 5.97 Å². The number of pyridine rings is 1. The molecule has 0 saturated heterocycles. The minimum absolute atomic E-state index is 0.0152. The number of nitrogens with two attached hydrogens (primary N) is 1. The third-order valence-electron chi connectivity index (χ3n) is 2.33. The maximum Gasteiger partial charge on any atom is 0.337 e. The first-order valence-electron chi connectivity index (χ1n) is 5.08. The van der Waals surface area contributed by atoms with E-state index in [0.717, 1.165) is 5.69 Å². The van der Waals surface area contributed by atoms with E-state index in [2.05, 4.69) is 10.3 Å². The first kappa shape index (κ1) is 12.2. The molecule has 0 fully saturated rings. The van der Waals surface area contributed by atoms with Gasteiger partial charge in [-0.1, -0.05) is 11.6 Å². The Labute approximate surface area is 108 Å². The highest BCUT2D eigenvalue weighted by Gasteiger charge is 2.12. The number of anilines is 3. The van der Waals surface area contributed by atoms with Crippen molar-refractivity contribution in [1.82, 2.24) is 4.98 Å². The van der Waals surface area contributed by atoms with Gasteiger partial charge >= 0.3 is 5.97 Å². The van der Waals surface area contributed by atoms with Crippen molar-refractivity contribution in [2.24, 2.45) is 0 Å². The molecular formula is C12H10ClN3O2. The van der Waals surface area contributed by atoms with Crippen LogP contribution < -0.4 is 11.1 Å². The van der Waals surface area contributed by atoms with Gasteiger partial charge in [0.1, 0.15) is 0 Å². The van der Waals surface area contributed by atoms with Crippen LogP contribution in [0.2, 0.25) is 5.02 Å². The predicted octanol–water partition coefficient (Wildman–Crippen LogP) is 2.76. The Bertz CT molecular complexity index is 584. The van der Waals surface area contributed by atoms with E-state index in [1.54, 1.807) is 24.3 Å². The number of hydrogen-bond donors (Lipinski definition) is 3. The number of hydrogen-bond acceptors (Lipinski definition) is 4. The van der Waals surface area contributed by atoms with Gasteiger partial charge in [0, 0.05) is 16.9 Å². The Morgan fingerprint density at radius 1 is 1.28 bits per heavy atom. The number of nitrogens with zero attached hydrogens (tertiary/aromatic N) is 1. The summed E-state index contributed by atoms with van der Waals surface area (Å²) in [7, 11) is 0. The number of aromatic carboxylic acids is 1. The predicted molar refractivity (Wildman–Crippen MR) is 70.3 cm³/mol. The van der Waals surface area contributed by atoms with Crippen LogP contribution in [0.3, 0.4) is 0 Å². The lowest BCUT2D eigenvalue weighted by atomic mass is 10.2. The third kappa shape index (κ3) is 2.52. The fraction of sp³-hybridized carbons (Fsp3) is 0. The Hall–Kier alpha value is -2.27. The number of aromatic nitrogens is 1. The average molecular weight is 264 g/mol. The van der Waals surface area contributed by atoms with Crippen molar-refractivity contribution in [3.63, 3.8) is 0 Å². The first-order valence-corrected chi connectivity index (χ1v) is 5.46. The molecule has 1 heterocycles. The summed E-state index contributed by atoms with van der Waals surface area (Å²) in [5.74, 6) is -0.786. The van der Waals surface area contributed by atoms with Crippen LogP contribution in [0.1, 0.15) is 10.4 Å². The molecule has 1 aromatic heterocycles. The highest BCUT2D eigenvalue weighted by Crippen LogP contribution is 2.24. The zero-order chi connectivity index (χ0) is 13.1. The van der Waals surface area contributed by atoms with Crippen molar-refractivity contribution in [3.8, 4) is 0 Å². The number of carbonyl (C=O) groups is 1. The summed E-state index contributed by atoms with van der Waals surface area (Å²) in [5.41, 5.74) is 6.57. The van der Waals surface area contributed by atoms with Gasteiger partial charge in [0.15, 0.2) is 5.82 Å². The minimum atomic E-state index is -1.09. The zero-order valence-electron chi connectivity index (χ0n) is 9.22. The number of rotatable bonds is 3. The molecule has 0 aliphatic carbocycles. The molecule has 5 nitrogen and oxygen atoms in total. The smallest absolute Gasteiger partial charge is 0.337 e. The van der Waals surface area contributed by atoms with E-state index in [0.29, 0.717) is 10.8 Å². The van der Waals surface area contributed by atoms with Crippen LogP contribution >= 0.6 is 11.6 Å². The molecule has 0 aliphatic heterocycles. The molecule has 0 bridgehead atoms. The monoisotopic (exact) mass is 263 g/mol. The lowest BCUT2D eigenvalue weighted by Crippen LogP contribution is -2.06. The second-order valence-corrected chi connectivity index (χ2v) is 3.99. The molecular weight excluding hydrogens is 254 g/mol. The van der Waals surface area contributed by atoms with Gasteiger partial charge in [0.25, 0.3) is 0 Å². The SMILES string of the molecule is Nc1c(C(=O)O)ccnc1Nc1ccc(Cl)cc1. The van der Waals surface area contributed by atoms with Gasteiger partial charge in [-0.2, -0.15) is 0 Å². The molecule has 4 N–H and O–H groups in total. The quantitative estimate of drug-likeness (QED) is 0.792. The number of nitrogens with one attached hydrogen (secondary N) is 1. The number of carboxylic acids is 1. The topological polar surface area (TPSA) is 88.2 Å². The van der Waals surface area contributed by atoms with Gasteiger partial charge in [0.05, 0.1) is 11.3 Å². The van der Waals surface area contributed by atoms with Crippen LogP contribution in [-0.2, 0) is 0 Å². The van der Waals surface area contributed by atoms with Crippen LogP contribution in [0, 0.1) is 0 Å². The van der Waals surface area contributed by atoms with Gasteiger partial charge in [0.2, 0.25) is 0 Å². The lowest BCUT2D eigenvalue weighted by molar-refractivity contribution is 0.0698. The highest BCUT2D eigenvalue weighted by molar-refractivity contribution is 6.30. The van der Waals surface area contributed by atoms with Crippen LogP contribution in [0.25, 0.3) is 0 Å². The van der Waals surface area contributed by atoms with Crippen LogP contribution in [0.5, 0.6) is 0 Å². The Kier molecular flexibility index (Phi) is 3.34.